The van der Waals surface area contributed by atoms with Crippen molar-refractivity contribution in [2.24, 2.45) is 5.92 Å². The molecule has 1 saturated carbocycles. The Bertz CT molecular complexity index is 1070. The summed E-state index contributed by atoms with van der Waals surface area (Å²) in [6.45, 7) is 1.65. The molecule has 2 fully saturated rings. The van der Waals surface area contributed by atoms with E-state index in [0.29, 0.717) is 17.9 Å². The summed E-state index contributed by atoms with van der Waals surface area (Å²) in [5, 5.41) is 5.68. The van der Waals surface area contributed by atoms with Gasteiger partial charge in [-0.3, -0.25) is 14.5 Å². The van der Waals surface area contributed by atoms with E-state index in [1.807, 2.05) is 31.2 Å². The highest BCUT2D eigenvalue weighted by atomic mass is 16.5. The van der Waals surface area contributed by atoms with Gasteiger partial charge in [0.25, 0.3) is 5.91 Å². The van der Waals surface area contributed by atoms with Gasteiger partial charge in [-0.25, -0.2) is 4.79 Å². The molecule has 0 unspecified atom stereocenters. The van der Waals surface area contributed by atoms with Crippen molar-refractivity contribution in [1.29, 1.82) is 0 Å². The maximum absolute atomic E-state index is 13.1. The zero-order valence-electron chi connectivity index (χ0n) is 19.1. The highest BCUT2D eigenvalue weighted by Gasteiger charge is 2.55. The first-order valence-corrected chi connectivity index (χ1v) is 11.1. The number of carbonyl (C=O) groups is 3. The Hall–Kier alpha value is -3.55. The van der Waals surface area contributed by atoms with E-state index >= 15 is 0 Å². The largest absolute Gasteiger partial charge is 0.497 e. The van der Waals surface area contributed by atoms with Crippen molar-refractivity contribution >= 4 is 23.5 Å². The highest BCUT2D eigenvalue weighted by molar-refractivity contribution is 6.10. The molecular weight excluding hydrogens is 422 g/mol. The number of hydrogen-bond donors (Lipinski definition) is 2. The molecular formula is C25H29N3O5. The summed E-state index contributed by atoms with van der Waals surface area (Å²) in [5.41, 5.74) is 1.35. The van der Waals surface area contributed by atoms with Gasteiger partial charge < -0.3 is 20.1 Å². The quantitative estimate of drug-likeness (QED) is 0.651. The van der Waals surface area contributed by atoms with Crippen molar-refractivity contribution in [2.75, 3.05) is 26.1 Å². The van der Waals surface area contributed by atoms with E-state index in [4.69, 9.17) is 9.47 Å². The average molecular weight is 452 g/mol. The molecule has 4 rings (SSSR count). The third-order valence-electron chi connectivity index (χ3n) is 6.69. The van der Waals surface area contributed by atoms with E-state index in [1.54, 1.807) is 32.4 Å². The molecule has 2 aliphatic rings. The molecule has 2 aromatic rings. The SMILES string of the molecule is COc1ccc(-c2cc(NC(=O)CN3C(=O)N[C@]4(CCCC[C@@H]4C)C3=O)ccc2OC)cc1. The first kappa shape index (κ1) is 22.6. The summed E-state index contributed by atoms with van der Waals surface area (Å²) < 4.78 is 10.7. The monoisotopic (exact) mass is 451 g/mol. The molecule has 2 aromatic carbocycles. The van der Waals surface area contributed by atoms with Gasteiger partial charge in [0.2, 0.25) is 5.91 Å². The van der Waals surface area contributed by atoms with Crippen LogP contribution in [0.25, 0.3) is 11.1 Å². The topological polar surface area (TPSA) is 97.0 Å². The van der Waals surface area contributed by atoms with Crippen molar-refractivity contribution in [3.63, 3.8) is 0 Å². The van der Waals surface area contributed by atoms with E-state index in [1.165, 1.54) is 0 Å². The first-order chi connectivity index (χ1) is 15.9. The Balaban J connectivity index is 1.49. The molecule has 0 aromatic heterocycles. The number of anilines is 1. The van der Waals surface area contributed by atoms with Crippen LogP contribution in [-0.2, 0) is 9.59 Å². The second-order valence-corrected chi connectivity index (χ2v) is 8.63. The van der Waals surface area contributed by atoms with E-state index in [9.17, 15) is 14.4 Å². The molecule has 1 aliphatic heterocycles. The van der Waals surface area contributed by atoms with Gasteiger partial charge in [-0.2, -0.15) is 0 Å². The minimum atomic E-state index is -0.878. The number of benzene rings is 2. The number of urea groups is 1. The van der Waals surface area contributed by atoms with Gasteiger partial charge in [0.15, 0.2) is 0 Å². The first-order valence-electron chi connectivity index (χ1n) is 11.1. The van der Waals surface area contributed by atoms with E-state index < -0.39 is 17.5 Å². The minimum Gasteiger partial charge on any atom is -0.497 e. The van der Waals surface area contributed by atoms with Crippen LogP contribution in [0.4, 0.5) is 10.5 Å². The Labute approximate surface area is 193 Å². The van der Waals surface area contributed by atoms with Gasteiger partial charge in [0.05, 0.1) is 14.2 Å². The van der Waals surface area contributed by atoms with Gasteiger partial charge in [-0.1, -0.05) is 31.9 Å². The van der Waals surface area contributed by atoms with Crippen LogP contribution in [-0.4, -0.2) is 49.0 Å². The van der Waals surface area contributed by atoms with Crippen LogP contribution in [0.2, 0.25) is 0 Å². The third-order valence-corrected chi connectivity index (χ3v) is 6.69. The fourth-order valence-electron chi connectivity index (χ4n) is 4.77. The van der Waals surface area contributed by atoms with Crippen LogP contribution in [0.5, 0.6) is 11.5 Å². The maximum atomic E-state index is 13.1. The van der Waals surface area contributed by atoms with Crippen molar-refractivity contribution in [1.82, 2.24) is 10.2 Å². The van der Waals surface area contributed by atoms with Gasteiger partial charge >= 0.3 is 6.03 Å². The average Bonchev–Trinajstić information content (AvgIpc) is 3.05. The number of imide groups is 1. The van der Waals surface area contributed by atoms with Crippen molar-refractivity contribution in [3.05, 3.63) is 42.5 Å². The fraction of sp³-hybridized carbons (Fsp3) is 0.400. The number of hydrogen-bond acceptors (Lipinski definition) is 5. The minimum absolute atomic E-state index is 0.0457. The number of nitrogens with one attached hydrogen (secondary N) is 2. The van der Waals surface area contributed by atoms with Crippen molar-refractivity contribution < 1.29 is 23.9 Å². The Morgan fingerprint density at radius 2 is 1.88 bits per heavy atom. The normalized spacial score (nSPS) is 22.3. The van der Waals surface area contributed by atoms with Crippen molar-refractivity contribution in [3.8, 4) is 22.6 Å². The van der Waals surface area contributed by atoms with Gasteiger partial charge in [0, 0.05) is 11.3 Å². The smallest absolute Gasteiger partial charge is 0.325 e. The van der Waals surface area contributed by atoms with Gasteiger partial charge in [-0.05, 0) is 54.7 Å². The van der Waals surface area contributed by atoms with Crippen LogP contribution in [0, 0.1) is 5.92 Å². The molecule has 1 heterocycles. The molecule has 33 heavy (non-hydrogen) atoms. The number of methoxy groups -OCH3 is 2. The molecule has 174 valence electrons. The fourth-order valence-corrected chi connectivity index (χ4v) is 4.77. The lowest BCUT2D eigenvalue weighted by Crippen LogP contribution is -2.54. The van der Waals surface area contributed by atoms with E-state index in [2.05, 4.69) is 10.6 Å². The summed E-state index contributed by atoms with van der Waals surface area (Å²) in [6, 6.07) is 12.3. The lowest BCUT2D eigenvalue weighted by molar-refractivity contribution is -0.136. The number of ether oxygens (including phenoxy) is 2. The van der Waals surface area contributed by atoms with Crippen LogP contribution in [0.1, 0.15) is 32.6 Å². The Morgan fingerprint density at radius 3 is 2.55 bits per heavy atom. The lowest BCUT2D eigenvalue weighted by Gasteiger charge is -2.36. The maximum Gasteiger partial charge on any atom is 0.325 e. The standard InChI is InChI=1S/C25H29N3O5/c1-16-6-4-5-13-25(16)23(30)28(24(31)27-25)15-22(29)26-18-9-12-21(33-3)20(14-18)17-7-10-19(32-2)11-8-17/h7-12,14,16H,4-6,13,15H2,1-3H3,(H,26,29)(H,27,31)/t16-,25-/m0/s1. The second-order valence-electron chi connectivity index (χ2n) is 8.63. The third kappa shape index (κ3) is 4.25. The summed E-state index contributed by atoms with van der Waals surface area (Å²) in [7, 11) is 3.19. The molecule has 0 bridgehead atoms. The van der Waals surface area contributed by atoms with Crippen LogP contribution >= 0.6 is 0 Å². The highest BCUT2D eigenvalue weighted by Crippen LogP contribution is 2.38. The number of carbonyl (C=O) groups excluding carboxylic acids is 3. The van der Waals surface area contributed by atoms with Crippen LogP contribution < -0.4 is 20.1 Å². The molecule has 0 radical (unpaired) electrons. The van der Waals surface area contributed by atoms with E-state index in [0.717, 1.165) is 41.0 Å². The number of nitrogens with zero attached hydrogens (tertiary/aromatic N) is 1. The second kappa shape index (κ2) is 9.13. The van der Waals surface area contributed by atoms with Gasteiger partial charge in [0.1, 0.15) is 23.6 Å². The summed E-state index contributed by atoms with van der Waals surface area (Å²) in [5.74, 6) is 0.694. The molecule has 1 spiro atoms. The number of amides is 4. The predicted molar refractivity (Wildman–Crippen MR) is 124 cm³/mol. The van der Waals surface area contributed by atoms with E-state index in [-0.39, 0.29) is 18.4 Å². The molecule has 2 atom stereocenters. The molecule has 2 N–H and O–H groups in total. The number of rotatable bonds is 6. The Morgan fingerprint density at radius 1 is 1.12 bits per heavy atom. The zero-order valence-corrected chi connectivity index (χ0v) is 19.1. The predicted octanol–water partition coefficient (Wildman–Crippen LogP) is 3.81. The molecule has 4 amide bonds. The summed E-state index contributed by atoms with van der Waals surface area (Å²) in [6.07, 6.45) is 3.42. The molecule has 1 saturated heterocycles. The van der Waals surface area contributed by atoms with Crippen molar-refractivity contribution in [2.45, 2.75) is 38.1 Å². The van der Waals surface area contributed by atoms with Crippen LogP contribution in [0.3, 0.4) is 0 Å². The summed E-state index contributed by atoms with van der Waals surface area (Å²) >= 11 is 0. The zero-order chi connectivity index (χ0) is 23.6. The molecule has 8 heteroatoms. The van der Waals surface area contributed by atoms with Crippen LogP contribution in [0.15, 0.2) is 42.5 Å². The molecule has 8 nitrogen and oxygen atoms in total. The lowest BCUT2D eigenvalue weighted by atomic mass is 9.73. The summed E-state index contributed by atoms with van der Waals surface area (Å²) in [4.78, 5) is 39.5. The Kier molecular flexibility index (Phi) is 6.26. The van der Waals surface area contributed by atoms with Gasteiger partial charge in [-0.15, -0.1) is 0 Å². The molecule has 1 aliphatic carbocycles.